The van der Waals surface area contributed by atoms with Gasteiger partial charge in [-0.1, -0.05) is 39.7 Å². The van der Waals surface area contributed by atoms with Gasteiger partial charge in [0, 0.05) is 4.47 Å². The second kappa shape index (κ2) is 5.40. The SMILES string of the molecule is CC(Cl)c1nc2ccc(Br)cc2n1-c1ccccc1Cl. The zero-order valence-corrected chi connectivity index (χ0v) is 13.7. The molecule has 1 heterocycles. The van der Waals surface area contributed by atoms with Crippen LogP contribution in [-0.4, -0.2) is 9.55 Å². The van der Waals surface area contributed by atoms with E-state index in [4.69, 9.17) is 23.2 Å². The summed E-state index contributed by atoms with van der Waals surface area (Å²) >= 11 is 16.1. The molecule has 0 spiro atoms. The van der Waals surface area contributed by atoms with Gasteiger partial charge in [-0.25, -0.2) is 4.98 Å². The van der Waals surface area contributed by atoms with Crippen molar-refractivity contribution < 1.29 is 0 Å². The second-order valence-electron chi connectivity index (χ2n) is 4.51. The highest BCUT2D eigenvalue weighted by molar-refractivity contribution is 9.10. The minimum absolute atomic E-state index is 0.211. The highest BCUT2D eigenvalue weighted by atomic mass is 79.9. The fraction of sp³-hybridized carbons (Fsp3) is 0.133. The van der Waals surface area contributed by atoms with Gasteiger partial charge in [0.05, 0.1) is 27.1 Å². The lowest BCUT2D eigenvalue weighted by atomic mass is 10.2. The maximum atomic E-state index is 6.33. The summed E-state index contributed by atoms with van der Waals surface area (Å²) in [4.78, 5) is 4.62. The van der Waals surface area contributed by atoms with Crippen LogP contribution in [0, 0.1) is 0 Å². The van der Waals surface area contributed by atoms with E-state index in [-0.39, 0.29) is 5.38 Å². The molecule has 0 saturated heterocycles. The molecular formula is C15H11BrCl2N2. The Hall–Kier alpha value is -1.03. The average Bonchev–Trinajstić information content (AvgIpc) is 2.78. The average molecular weight is 370 g/mol. The molecule has 0 aliphatic rings. The normalized spacial score (nSPS) is 12.8. The summed E-state index contributed by atoms with van der Waals surface area (Å²) in [6.45, 7) is 1.91. The molecule has 3 aromatic rings. The van der Waals surface area contributed by atoms with E-state index in [0.717, 1.165) is 27.0 Å². The molecule has 2 nitrogen and oxygen atoms in total. The number of alkyl halides is 1. The van der Waals surface area contributed by atoms with Gasteiger partial charge in [-0.3, -0.25) is 4.57 Å². The van der Waals surface area contributed by atoms with Gasteiger partial charge in [0.1, 0.15) is 5.82 Å². The molecule has 1 unspecified atom stereocenters. The van der Waals surface area contributed by atoms with Crippen LogP contribution in [0.2, 0.25) is 5.02 Å². The van der Waals surface area contributed by atoms with Crippen LogP contribution in [0.3, 0.4) is 0 Å². The van der Waals surface area contributed by atoms with Gasteiger partial charge in [0.15, 0.2) is 0 Å². The van der Waals surface area contributed by atoms with Crippen LogP contribution in [0.25, 0.3) is 16.7 Å². The smallest absolute Gasteiger partial charge is 0.132 e. The summed E-state index contributed by atoms with van der Waals surface area (Å²) in [5, 5.41) is 0.461. The number of hydrogen-bond donors (Lipinski definition) is 0. The third-order valence-electron chi connectivity index (χ3n) is 3.09. The zero-order valence-electron chi connectivity index (χ0n) is 10.6. The topological polar surface area (TPSA) is 17.8 Å². The molecule has 102 valence electrons. The van der Waals surface area contributed by atoms with Gasteiger partial charge in [-0.05, 0) is 37.3 Å². The van der Waals surface area contributed by atoms with Crippen LogP contribution in [0.4, 0.5) is 0 Å². The van der Waals surface area contributed by atoms with Gasteiger partial charge >= 0.3 is 0 Å². The minimum atomic E-state index is -0.211. The number of aromatic nitrogens is 2. The first kappa shape index (κ1) is 13.9. The molecule has 0 N–H and O–H groups in total. The third kappa shape index (κ3) is 2.34. The lowest BCUT2D eigenvalue weighted by Crippen LogP contribution is -2.02. The van der Waals surface area contributed by atoms with Crippen molar-refractivity contribution >= 4 is 50.2 Å². The van der Waals surface area contributed by atoms with Crippen LogP contribution < -0.4 is 0 Å². The molecule has 5 heteroatoms. The first-order chi connectivity index (χ1) is 9.58. The summed E-state index contributed by atoms with van der Waals surface area (Å²) in [5.74, 6) is 0.785. The number of para-hydroxylation sites is 1. The van der Waals surface area contributed by atoms with Gasteiger partial charge in [0.2, 0.25) is 0 Å². The second-order valence-corrected chi connectivity index (χ2v) is 6.48. The van der Waals surface area contributed by atoms with E-state index < -0.39 is 0 Å². The van der Waals surface area contributed by atoms with Crippen molar-refractivity contribution in [1.29, 1.82) is 0 Å². The molecule has 0 fully saturated rings. The van der Waals surface area contributed by atoms with E-state index in [1.54, 1.807) is 0 Å². The molecule has 1 aromatic heterocycles. The summed E-state index contributed by atoms with van der Waals surface area (Å²) in [5.41, 5.74) is 2.77. The van der Waals surface area contributed by atoms with E-state index in [9.17, 15) is 0 Å². The largest absolute Gasteiger partial charge is 0.294 e. The predicted molar refractivity (Wildman–Crippen MR) is 88.0 cm³/mol. The Balaban J connectivity index is 2.40. The van der Waals surface area contributed by atoms with E-state index >= 15 is 0 Å². The Morgan fingerprint density at radius 2 is 1.95 bits per heavy atom. The van der Waals surface area contributed by atoms with Crippen LogP contribution in [0.1, 0.15) is 18.1 Å². The van der Waals surface area contributed by atoms with E-state index in [1.165, 1.54) is 0 Å². The van der Waals surface area contributed by atoms with Crippen molar-refractivity contribution in [2.24, 2.45) is 0 Å². The molecule has 2 aromatic carbocycles. The fourth-order valence-corrected chi connectivity index (χ4v) is 2.94. The molecule has 0 radical (unpaired) electrons. The van der Waals surface area contributed by atoms with E-state index in [0.29, 0.717) is 5.02 Å². The summed E-state index contributed by atoms with van der Waals surface area (Å²) < 4.78 is 3.01. The van der Waals surface area contributed by atoms with E-state index in [1.807, 2.05) is 54.0 Å². The molecule has 20 heavy (non-hydrogen) atoms. The molecule has 0 aliphatic carbocycles. The number of halogens is 3. The Kier molecular flexibility index (Phi) is 3.76. The fourth-order valence-electron chi connectivity index (χ4n) is 2.22. The molecular weight excluding hydrogens is 359 g/mol. The van der Waals surface area contributed by atoms with Crippen molar-refractivity contribution in [3.8, 4) is 5.69 Å². The standard InChI is InChI=1S/C15H11BrCl2N2/c1-9(17)15-19-12-7-6-10(16)8-14(12)20(15)13-5-3-2-4-11(13)18/h2-9H,1H3. The van der Waals surface area contributed by atoms with Crippen molar-refractivity contribution in [1.82, 2.24) is 9.55 Å². The first-order valence-corrected chi connectivity index (χ1v) is 7.75. The van der Waals surface area contributed by atoms with Crippen LogP contribution >= 0.6 is 39.1 Å². The van der Waals surface area contributed by atoms with Gasteiger partial charge in [-0.15, -0.1) is 11.6 Å². The summed E-state index contributed by atoms with van der Waals surface area (Å²) in [7, 11) is 0. The van der Waals surface area contributed by atoms with Crippen LogP contribution in [-0.2, 0) is 0 Å². The highest BCUT2D eigenvalue weighted by Gasteiger charge is 2.17. The predicted octanol–water partition coefficient (Wildman–Crippen LogP) is 5.74. The number of nitrogens with zero attached hydrogens (tertiary/aromatic N) is 2. The number of benzene rings is 2. The third-order valence-corrected chi connectivity index (χ3v) is 4.10. The molecule has 0 amide bonds. The van der Waals surface area contributed by atoms with Crippen LogP contribution in [0.5, 0.6) is 0 Å². The number of imidazole rings is 1. The molecule has 1 atom stereocenters. The van der Waals surface area contributed by atoms with Crippen molar-refractivity contribution in [2.75, 3.05) is 0 Å². The molecule has 3 rings (SSSR count). The Morgan fingerprint density at radius 3 is 2.65 bits per heavy atom. The maximum absolute atomic E-state index is 6.33. The summed E-state index contributed by atoms with van der Waals surface area (Å²) in [6, 6.07) is 13.6. The van der Waals surface area contributed by atoms with E-state index in [2.05, 4.69) is 20.9 Å². The molecule has 0 bridgehead atoms. The Morgan fingerprint density at radius 1 is 1.20 bits per heavy atom. The van der Waals surface area contributed by atoms with Gasteiger partial charge in [0.25, 0.3) is 0 Å². The number of hydrogen-bond acceptors (Lipinski definition) is 1. The number of rotatable bonds is 2. The quantitative estimate of drug-likeness (QED) is 0.526. The van der Waals surface area contributed by atoms with Crippen molar-refractivity contribution in [3.05, 3.63) is 57.8 Å². The summed E-state index contributed by atoms with van der Waals surface area (Å²) in [6.07, 6.45) is 0. The lowest BCUT2D eigenvalue weighted by Gasteiger charge is -2.12. The highest BCUT2D eigenvalue weighted by Crippen LogP contribution is 2.32. The zero-order chi connectivity index (χ0) is 14.3. The molecule has 0 aliphatic heterocycles. The van der Waals surface area contributed by atoms with Crippen molar-refractivity contribution in [3.63, 3.8) is 0 Å². The van der Waals surface area contributed by atoms with Gasteiger partial charge < -0.3 is 0 Å². The van der Waals surface area contributed by atoms with Gasteiger partial charge in [-0.2, -0.15) is 0 Å². The van der Waals surface area contributed by atoms with Crippen LogP contribution in [0.15, 0.2) is 46.9 Å². The van der Waals surface area contributed by atoms with Crippen molar-refractivity contribution in [2.45, 2.75) is 12.3 Å². The maximum Gasteiger partial charge on any atom is 0.132 e. The Bertz CT molecular complexity index is 781. The minimum Gasteiger partial charge on any atom is -0.294 e. The first-order valence-electron chi connectivity index (χ1n) is 6.15. The molecule has 0 saturated carbocycles. The Labute approximate surface area is 135 Å². The monoisotopic (exact) mass is 368 g/mol. The number of fused-ring (bicyclic) bond motifs is 1. The lowest BCUT2D eigenvalue weighted by molar-refractivity contribution is 0.882.